The van der Waals surface area contributed by atoms with Gasteiger partial charge < -0.3 is 11.1 Å². The van der Waals surface area contributed by atoms with Gasteiger partial charge >= 0.3 is 0 Å². The van der Waals surface area contributed by atoms with Crippen LogP contribution in [0.2, 0.25) is 0 Å². The Balaban J connectivity index is 2.65. The van der Waals surface area contributed by atoms with E-state index in [1.807, 2.05) is 11.3 Å². The van der Waals surface area contributed by atoms with E-state index in [0.717, 1.165) is 6.54 Å². The highest BCUT2D eigenvalue weighted by Crippen LogP contribution is 2.30. The number of thiophene rings is 1. The van der Waals surface area contributed by atoms with Crippen LogP contribution in [0.15, 0.2) is 10.5 Å². The largest absolute Gasteiger partial charge is 0.329 e. The zero-order chi connectivity index (χ0) is 11.4. The lowest BCUT2D eigenvalue weighted by atomic mass is 10.2. The second kappa shape index (κ2) is 5.99. The molecule has 4 heteroatoms. The van der Waals surface area contributed by atoms with Gasteiger partial charge in [0.2, 0.25) is 0 Å². The van der Waals surface area contributed by atoms with Gasteiger partial charge in [0, 0.05) is 20.8 Å². The first-order valence-corrected chi connectivity index (χ1v) is 6.84. The minimum atomic E-state index is 0.294. The lowest BCUT2D eigenvalue weighted by Crippen LogP contribution is -2.30. The van der Waals surface area contributed by atoms with Gasteiger partial charge in [-0.05, 0) is 41.4 Å². The van der Waals surface area contributed by atoms with Crippen LogP contribution in [0, 0.1) is 12.8 Å². The molecule has 1 rings (SSSR count). The van der Waals surface area contributed by atoms with Crippen LogP contribution in [0.5, 0.6) is 0 Å². The predicted octanol–water partition coefficient (Wildman–Crippen LogP) is 3.06. The summed E-state index contributed by atoms with van der Waals surface area (Å²) in [5.41, 5.74) is 5.78. The second-order valence-electron chi connectivity index (χ2n) is 4.14. The molecule has 0 bridgehead atoms. The maximum Gasteiger partial charge on any atom is 0.0539 e. The molecule has 1 heterocycles. The predicted molar refractivity (Wildman–Crippen MR) is 71.4 cm³/mol. The Kier molecular flexibility index (Phi) is 5.26. The Bertz CT molecular complexity index is 290. The van der Waals surface area contributed by atoms with E-state index in [0.29, 0.717) is 18.5 Å². The van der Waals surface area contributed by atoms with Gasteiger partial charge in [0.05, 0.1) is 6.04 Å². The molecule has 2 nitrogen and oxygen atoms in total. The molecule has 0 radical (unpaired) electrons. The molecule has 1 atom stereocenters. The number of nitrogens with one attached hydrogen (secondary N) is 1. The van der Waals surface area contributed by atoms with E-state index in [1.54, 1.807) is 0 Å². The number of halogens is 1. The zero-order valence-corrected chi connectivity index (χ0v) is 11.9. The van der Waals surface area contributed by atoms with Gasteiger partial charge in [-0.25, -0.2) is 0 Å². The third-order valence-electron chi connectivity index (χ3n) is 2.23. The topological polar surface area (TPSA) is 38.0 Å². The van der Waals surface area contributed by atoms with E-state index < -0.39 is 0 Å². The summed E-state index contributed by atoms with van der Waals surface area (Å²) in [6.45, 7) is 8.19. The fourth-order valence-corrected chi connectivity index (χ4v) is 2.98. The van der Waals surface area contributed by atoms with Crippen LogP contribution < -0.4 is 11.1 Å². The molecule has 0 aliphatic rings. The van der Waals surface area contributed by atoms with Gasteiger partial charge in [-0.15, -0.1) is 11.3 Å². The molecular formula is C11H19BrN2S. The smallest absolute Gasteiger partial charge is 0.0539 e. The maximum atomic E-state index is 5.78. The summed E-state index contributed by atoms with van der Waals surface area (Å²) < 4.78 is 1.19. The van der Waals surface area contributed by atoms with Crippen LogP contribution in [-0.4, -0.2) is 13.1 Å². The number of aryl methyl sites for hydroxylation is 1. The minimum absolute atomic E-state index is 0.294. The van der Waals surface area contributed by atoms with Crippen molar-refractivity contribution >= 4 is 27.3 Å². The summed E-state index contributed by atoms with van der Waals surface area (Å²) in [5.74, 6) is 0.656. The monoisotopic (exact) mass is 290 g/mol. The molecule has 86 valence electrons. The van der Waals surface area contributed by atoms with Crippen LogP contribution in [0.3, 0.4) is 0 Å². The molecule has 0 spiro atoms. The highest BCUT2D eigenvalue weighted by molar-refractivity contribution is 9.10. The van der Waals surface area contributed by atoms with Crippen molar-refractivity contribution in [2.24, 2.45) is 11.7 Å². The van der Waals surface area contributed by atoms with E-state index in [4.69, 9.17) is 5.73 Å². The molecule has 0 amide bonds. The summed E-state index contributed by atoms with van der Waals surface area (Å²) in [7, 11) is 0. The molecule has 0 aliphatic carbocycles. The fourth-order valence-electron chi connectivity index (χ4n) is 1.33. The molecular weight excluding hydrogens is 272 g/mol. The molecule has 1 aromatic rings. The number of hydrogen-bond acceptors (Lipinski definition) is 3. The number of hydrogen-bond donors (Lipinski definition) is 2. The molecule has 1 aromatic heterocycles. The first kappa shape index (κ1) is 13.2. The van der Waals surface area contributed by atoms with E-state index >= 15 is 0 Å². The van der Waals surface area contributed by atoms with E-state index in [1.165, 1.54) is 14.2 Å². The van der Waals surface area contributed by atoms with Crippen molar-refractivity contribution in [1.29, 1.82) is 0 Å². The van der Waals surface area contributed by atoms with Gasteiger partial charge in [-0.3, -0.25) is 0 Å². The first-order valence-electron chi connectivity index (χ1n) is 5.23. The normalized spacial score (nSPS) is 13.5. The van der Waals surface area contributed by atoms with Crippen LogP contribution in [0.25, 0.3) is 0 Å². The van der Waals surface area contributed by atoms with Crippen LogP contribution in [-0.2, 0) is 0 Å². The van der Waals surface area contributed by atoms with Crippen LogP contribution in [0.4, 0.5) is 0 Å². The van der Waals surface area contributed by atoms with Gasteiger partial charge in [-0.1, -0.05) is 13.8 Å². The highest BCUT2D eigenvalue weighted by atomic mass is 79.9. The number of nitrogens with two attached hydrogens (primary N) is 1. The summed E-state index contributed by atoms with van der Waals surface area (Å²) >= 11 is 5.34. The third kappa shape index (κ3) is 3.87. The molecule has 0 aromatic carbocycles. The standard InChI is InChI=1S/C11H19BrN2S/c1-7(2)6-14-10(5-13)11-4-9(12)8(3)15-11/h4,7,10,14H,5-6,13H2,1-3H3. The third-order valence-corrected chi connectivity index (χ3v) is 4.48. The molecule has 0 aliphatic heterocycles. The summed E-state index contributed by atoms with van der Waals surface area (Å²) in [6, 6.07) is 2.47. The average Bonchev–Trinajstić information content (AvgIpc) is 2.47. The SMILES string of the molecule is Cc1sc(C(CN)NCC(C)C)cc1Br. The maximum absolute atomic E-state index is 5.78. The van der Waals surface area contributed by atoms with Crippen molar-refractivity contribution in [1.82, 2.24) is 5.32 Å². The lowest BCUT2D eigenvalue weighted by Gasteiger charge is -2.16. The first-order chi connectivity index (χ1) is 7.04. The molecule has 1 unspecified atom stereocenters. The summed E-state index contributed by atoms with van der Waals surface area (Å²) in [4.78, 5) is 2.64. The Labute approximate surface area is 104 Å². The fraction of sp³-hybridized carbons (Fsp3) is 0.636. The van der Waals surface area contributed by atoms with E-state index in [2.05, 4.69) is 48.1 Å². The summed E-state index contributed by atoms with van der Waals surface area (Å²) in [6.07, 6.45) is 0. The molecule has 0 saturated heterocycles. The van der Waals surface area contributed by atoms with Crippen molar-refractivity contribution in [3.05, 3.63) is 20.3 Å². The Morgan fingerprint density at radius 2 is 2.20 bits per heavy atom. The molecule has 3 N–H and O–H groups in total. The van der Waals surface area contributed by atoms with Crippen LogP contribution in [0.1, 0.15) is 29.6 Å². The van der Waals surface area contributed by atoms with E-state index in [9.17, 15) is 0 Å². The average molecular weight is 291 g/mol. The number of rotatable bonds is 5. The molecule has 0 saturated carbocycles. The quantitative estimate of drug-likeness (QED) is 0.875. The van der Waals surface area contributed by atoms with Crippen molar-refractivity contribution in [3.8, 4) is 0 Å². The van der Waals surface area contributed by atoms with Crippen molar-refractivity contribution in [2.75, 3.05) is 13.1 Å². The van der Waals surface area contributed by atoms with Gasteiger partial charge in [0.25, 0.3) is 0 Å². The Morgan fingerprint density at radius 3 is 2.60 bits per heavy atom. The van der Waals surface area contributed by atoms with Crippen molar-refractivity contribution in [3.63, 3.8) is 0 Å². The van der Waals surface area contributed by atoms with Gasteiger partial charge in [0.1, 0.15) is 0 Å². The van der Waals surface area contributed by atoms with Crippen molar-refractivity contribution in [2.45, 2.75) is 26.8 Å². The Morgan fingerprint density at radius 1 is 1.53 bits per heavy atom. The lowest BCUT2D eigenvalue weighted by molar-refractivity contribution is 0.483. The highest BCUT2D eigenvalue weighted by Gasteiger charge is 2.13. The van der Waals surface area contributed by atoms with Crippen molar-refractivity contribution < 1.29 is 0 Å². The second-order valence-corrected chi connectivity index (χ2v) is 6.29. The molecule has 15 heavy (non-hydrogen) atoms. The van der Waals surface area contributed by atoms with Gasteiger partial charge in [0.15, 0.2) is 0 Å². The Hall–Kier alpha value is 0.100. The van der Waals surface area contributed by atoms with E-state index in [-0.39, 0.29) is 0 Å². The van der Waals surface area contributed by atoms with Crippen LogP contribution >= 0.6 is 27.3 Å². The zero-order valence-electron chi connectivity index (χ0n) is 9.51. The minimum Gasteiger partial charge on any atom is -0.329 e. The summed E-state index contributed by atoms with van der Waals surface area (Å²) in [5, 5.41) is 3.49. The molecule has 0 fully saturated rings. The van der Waals surface area contributed by atoms with Gasteiger partial charge in [-0.2, -0.15) is 0 Å².